The number of ether oxygens (including phenoxy) is 1. The molecule has 10 nitrogen and oxygen atoms in total. The number of carbonyl (C=O) groups is 1. The largest absolute Gasteiger partial charge is 0.374 e. The second-order valence-electron chi connectivity index (χ2n) is 7.52. The number of rotatable bonds is 8. The van der Waals surface area contributed by atoms with Crippen molar-refractivity contribution in [3.8, 4) is 11.4 Å². The van der Waals surface area contributed by atoms with E-state index in [0.717, 1.165) is 19.6 Å². The SMILES string of the molecule is CC(C)CN1CCOC(CNC(=O)Cn2cnc(-c3cccc([N+](=O)[O-])c3)n2)C1. The van der Waals surface area contributed by atoms with Crippen molar-refractivity contribution in [3.63, 3.8) is 0 Å². The Labute approximate surface area is 169 Å². The number of amides is 1. The summed E-state index contributed by atoms with van der Waals surface area (Å²) in [4.78, 5) is 29.2. The third-order valence-corrected chi connectivity index (χ3v) is 4.53. The summed E-state index contributed by atoms with van der Waals surface area (Å²) < 4.78 is 7.15. The Hall–Kier alpha value is -2.85. The molecule has 2 aromatic rings. The minimum absolute atomic E-state index is 0.0182. The van der Waals surface area contributed by atoms with Crippen LogP contribution in [0.3, 0.4) is 0 Å². The zero-order valence-corrected chi connectivity index (χ0v) is 16.7. The number of hydrogen-bond acceptors (Lipinski definition) is 7. The molecule has 1 aliphatic rings. The highest BCUT2D eigenvalue weighted by atomic mass is 16.6. The highest BCUT2D eigenvalue weighted by Gasteiger charge is 2.21. The third kappa shape index (κ3) is 6.06. The Morgan fingerprint density at radius 2 is 2.28 bits per heavy atom. The molecule has 1 atom stereocenters. The molecule has 1 N–H and O–H groups in total. The van der Waals surface area contributed by atoms with E-state index in [1.165, 1.54) is 23.1 Å². The first-order valence-corrected chi connectivity index (χ1v) is 9.65. The molecule has 1 saturated heterocycles. The molecule has 3 rings (SSSR count). The average Bonchev–Trinajstić information content (AvgIpc) is 3.15. The van der Waals surface area contributed by atoms with Crippen LogP contribution in [0.25, 0.3) is 11.4 Å². The van der Waals surface area contributed by atoms with E-state index in [4.69, 9.17) is 4.74 Å². The first-order chi connectivity index (χ1) is 13.9. The lowest BCUT2D eigenvalue weighted by Crippen LogP contribution is -2.48. The molecule has 1 aromatic heterocycles. The average molecular weight is 402 g/mol. The molecular formula is C19H26N6O4. The maximum Gasteiger partial charge on any atom is 0.270 e. The van der Waals surface area contributed by atoms with Crippen LogP contribution in [-0.2, 0) is 16.1 Å². The summed E-state index contributed by atoms with van der Waals surface area (Å²) in [6.45, 7) is 8.25. The molecule has 1 aliphatic heterocycles. The molecule has 0 aliphatic carbocycles. The van der Waals surface area contributed by atoms with Crippen LogP contribution in [0.1, 0.15) is 13.8 Å². The number of hydrogen-bond donors (Lipinski definition) is 1. The number of nitrogens with zero attached hydrogens (tertiary/aromatic N) is 5. The smallest absolute Gasteiger partial charge is 0.270 e. The lowest BCUT2D eigenvalue weighted by atomic mass is 10.2. The van der Waals surface area contributed by atoms with Gasteiger partial charge in [-0.25, -0.2) is 9.67 Å². The van der Waals surface area contributed by atoms with Crippen LogP contribution in [0.15, 0.2) is 30.6 Å². The van der Waals surface area contributed by atoms with Crippen molar-refractivity contribution in [2.75, 3.05) is 32.8 Å². The highest BCUT2D eigenvalue weighted by Crippen LogP contribution is 2.20. The predicted octanol–water partition coefficient (Wildman–Crippen LogP) is 1.33. The number of non-ortho nitro benzene ring substituents is 1. The molecule has 1 unspecified atom stereocenters. The number of nitrogens with one attached hydrogen (secondary N) is 1. The van der Waals surface area contributed by atoms with E-state index in [1.54, 1.807) is 12.1 Å². The second-order valence-corrected chi connectivity index (χ2v) is 7.52. The number of morpholine rings is 1. The Balaban J connectivity index is 1.50. The molecule has 2 heterocycles. The van der Waals surface area contributed by atoms with Crippen molar-refractivity contribution in [2.45, 2.75) is 26.5 Å². The van der Waals surface area contributed by atoms with Crippen molar-refractivity contribution < 1.29 is 14.5 Å². The Morgan fingerprint density at radius 3 is 3.03 bits per heavy atom. The first-order valence-electron chi connectivity index (χ1n) is 9.65. The summed E-state index contributed by atoms with van der Waals surface area (Å²) in [6, 6.07) is 6.08. The number of nitro benzene ring substituents is 1. The van der Waals surface area contributed by atoms with Gasteiger partial charge in [-0.3, -0.25) is 19.8 Å². The summed E-state index contributed by atoms with van der Waals surface area (Å²) in [5.74, 6) is 0.738. The van der Waals surface area contributed by atoms with Gasteiger partial charge in [0.2, 0.25) is 5.91 Å². The lowest BCUT2D eigenvalue weighted by Gasteiger charge is -2.33. The minimum Gasteiger partial charge on any atom is -0.374 e. The zero-order chi connectivity index (χ0) is 20.8. The van der Waals surface area contributed by atoms with Crippen molar-refractivity contribution in [1.29, 1.82) is 0 Å². The van der Waals surface area contributed by atoms with Crippen LogP contribution in [-0.4, -0.2) is 69.4 Å². The van der Waals surface area contributed by atoms with Gasteiger partial charge in [-0.2, -0.15) is 5.10 Å². The monoisotopic (exact) mass is 402 g/mol. The number of nitro groups is 1. The van der Waals surface area contributed by atoms with Crippen molar-refractivity contribution in [2.24, 2.45) is 5.92 Å². The van der Waals surface area contributed by atoms with Gasteiger partial charge >= 0.3 is 0 Å². The molecule has 0 spiro atoms. The Bertz CT molecular complexity index is 853. The molecule has 0 radical (unpaired) electrons. The molecule has 29 heavy (non-hydrogen) atoms. The lowest BCUT2D eigenvalue weighted by molar-refractivity contribution is -0.384. The van der Waals surface area contributed by atoms with Gasteiger partial charge in [0.15, 0.2) is 5.82 Å². The van der Waals surface area contributed by atoms with E-state index in [0.29, 0.717) is 30.5 Å². The summed E-state index contributed by atoms with van der Waals surface area (Å²) >= 11 is 0. The number of aromatic nitrogens is 3. The van der Waals surface area contributed by atoms with E-state index in [1.807, 2.05) is 0 Å². The predicted molar refractivity (Wildman–Crippen MR) is 106 cm³/mol. The van der Waals surface area contributed by atoms with Crippen LogP contribution in [0.4, 0.5) is 5.69 Å². The molecule has 10 heteroatoms. The summed E-state index contributed by atoms with van der Waals surface area (Å²) in [7, 11) is 0. The fraction of sp³-hybridized carbons (Fsp3) is 0.526. The molecule has 1 fully saturated rings. The van der Waals surface area contributed by atoms with Crippen LogP contribution < -0.4 is 5.32 Å². The van der Waals surface area contributed by atoms with Gasteiger partial charge in [0.1, 0.15) is 12.9 Å². The fourth-order valence-electron chi connectivity index (χ4n) is 3.28. The van der Waals surface area contributed by atoms with E-state index < -0.39 is 4.92 Å². The molecule has 1 amide bonds. The van der Waals surface area contributed by atoms with E-state index >= 15 is 0 Å². The molecule has 0 saturated carbocycles. The van der Waals surface area contributed by atoms with Gasteiger partial charge in [0.25, 0.3) is 5.69 Å². The topological polar surface area (TPSA) is 115 Å². The zero-order valence-electron chi connectivity index (χ0n) is 16.7. The summed E-state index contributed by atoms with van der Waals surface area (Å²) in [6.07, 6.45) is 1.41. The van der Waals surface area contributed by atoms with Crippen molar-refractivity contribution in [3.05, 3.63) is 40.7 Å². The Morgan fingerprint density at radius 1 is 1.45 bits per heavy atom. The molecule has 0 bridgehead atoms. The summed E-state index contributed by atoms with van der Waals surface area (Å²) in [5.41, 5.74) is 0.495. The maximum atomic E-state index is 12.2. The normalized spacial score (nSPS) is 17.4. The molecular weight excluding hydrogens is 376 g/mol. The highest BCUT2D eigenvalue weighted by molar-refractivity contribution is 5.75. The van der Waals surface area contributed by atoms with E-state index in [-0.39, 0.29) is 24.2 Å². The van der Waals surface area contributed by atoms with Gasteiger partial charge < -0.3 is 10.1 Å². The van der Waals surface area contributed by atoms with Crippen molar-refractivity contribution in [1.82, 2.24) is 25.0 Å². The van der Waals surface area contributed by atoms with Gasteiger partial charge in [0, 0.05) is 43.9 Å². The first kappa shape index (κ1) is 20.9. The minimum atomic E-state index is -0.469. The van der Waals surface area contributed by atoms with Crippen LogP contribution in [0.2, 0.25) is 0 Å². The number of benzene rings is 1. The fourth-order valence-corrected chi connectivity index (χ4v) is 3.28. The molecule has 1 aromatic carbocycles. The van der Waals surface area contributed by atoms with E-state index in [2.05, 4.69) is 34.1 Å². The maximum absolute atomic E-state index is 12.2. The van der Waals surface area contributed by atoms with Gasteiger partial charge in [-0.15, -0.1) is 0 Å². The van der Waals surface area contributed by atoms with Crippen LogP contribution in [0, 0.1) is 16.0 Å². The van der Waals surface area contributed by atoms with Crippen LogP contribution in [0.5, 0.6) is 0 Å². The quantitative estimate of drug-likeness (QED) is 0.523. The second kappa shape index (κ2) is 9.57. The van der Waals surface area contributed by atoms with Gasteiger partial charge in [-0.05, 0) is 5.92 Å². The molecule has 156 valence electrons. The van der Waals surface area contributed by atoms with Crippen molar-refractivity contribution >= 4 is 11.6 Å². The van der Waals surface area contributed by atoms with Gasteiger partial charge in [-0.1, -0.05) is 26.0 Å². The van der Waals surface area contributed by atoms with E-state index in [9.17, 15) is 14.9 Å². The third-order valence-electron chi connectivity index (χ3n) is 4.53. The van der Waals surface area contributed by atoms with Crippen LogP contribution >= 0.6 is 0 Å². The summed E-state index contributed by atoms with van der Waals surface area (Å²) in [5, 5.41) is 18.0. The van der Waals surface area contributed by atoms with Gasteiger partial charge in [0.05, 0.1) is 17.6 Å². The standard InChI is InChI=1S/C19H26N6O4/c1-14(2)10-23-6-7-29-17(11-23)9-20-18(26)12-24-13-21-19(22-24)15-4-3-5-16(8-15)25(27)28/h3-5,8,13-14,17H,6-7,9-12H2,1-2H3,(H,20,26). The Kier molecular flexibility index (Phi) is 6.89. The number of carbonyl (C=O) groups excluding carboxylic acids is 1.